The van der Waals surface area contributed by atoms with Gasteiger partial charge in [0.1, 0.15) is 13.8 Å². The monoisotopic (exact) mass is 110 g/mol. The Bertz CT molecular complexity index is 120. The van der Waals surface area contributed by atoms with Crippen molar-refractivity contribution in [3.05, 3.63) is 24.4 Å². The van der Waals surface area contributed by atoms with Crippen molar-refractivity contribution in [2.75, 3.05) is 7.05 Å². The first kappa shape index (κ1) is 7.15. The third-order valence-electron chi connectivity index (χ3n) is 0.644. The largest absolute Gasteiger partial charge is 0.214 e. The van der Waals surface area contributed by atoms with E-state index in [9.17, 15) is 0 Å². The minimum atomic E-state index is 1.75. The van der Waals surface area contributed by atoms with Crippen LogP contribution in [0.3, 0.4) is 0 Å². The second-order valence-electron chi connectivity index (χ2n) is 1.62. The van der Waals surface area contributed by atoms with Crippen molar-refractivity contribution >= 4 is 6.72 Å². The summed E-state index contributed by atoms with van der Waals surface area (Å²) >= 11 is 0. The van der Waals surface area contributed by atoms with Crippen molar-refractivity contribution in [3.8, 4) is 0 Å². The van der Waals surface area contributed by atoms with Gasteiger partial charge in [0.15, 0.2) is 6.20 Å². The summed E-state index contributed by atoms with van der Waals surface area (Å²) in [5.41, 5.74) is 0. The third kappa shape index (κ3) is 5.15. The summed E-state index contributed by atoms with van der Waals surface area (Å²) in [7, 11) is 1.89. The molecule has 44 valence electrons. The number of rotatable bonds is 2. The van der Waals surface area contributed by atoms with Crippen LogP contribution in [0.4, 0.5) is 0 Å². The molecule has 0 unspecified atom stereocenters. The van der Waals surface area contributed by atoms with E-state index in [-0.39, 0.29) is 0 Å². The fourth-order valence-corrected chi connectivity index (χ4v) is 0.308. The lowest BCUT2D eigenvalue weighted by atomic mass is 10.5. The molecule has 0 aromatic carbocycles. The van der Waals surface area contributed by atoms with Gasteiger partial charge >= 0.3 is 0 Å². The van der Waals surface area contributed by atoms with Crippen LogP contribution in [0, 0.1) is 0 Å². The minimum Gasteiger partial charge on any atom is -0.214 e. The summed E-state index contributed by atoms with van der Waals surface area (Å²) < 4.78 is 1.75. The van der Waals surface area contributed by atoms with Gasteiger partial charge in [-0.15, -0.1) is 0 Å². The lowest BCUT2D eigenvalue weighted by molar-refractivity contribution is -0.412. The van der Waals surface area contributed by atoms with E-state index in [1.165, 1.54) is 0 Å². The van der Waals surface area contributed by atoms with Gasteiger partial charge in [-0.25, -0.2) is 4.58 Å². The molecule has 0 aliphatic heterocycles. The van der Waals surface area contributed by atoms with Crippen LogP contribution in [0.5, 0.6) is 0 Å². The normalized spacial score (nSPS) is 11.2. The van der Waals surface area contributed by atoms with Crippen LogP contribution in [0.25, 0.3) is 0 Å². The predicted molar refractivity (Wildman–Crippen MR) is 37.3 cm³/mol. The van der Waals surface area contributed by atoms with Gasteiger partial charge in [0.05, 0.1) is 0 Å². The Morgan fingerprint density at radius 1 is 1.38 bits per heavy atom. The van der Waals surface area contributed by atoms with E-state index in [4.69, 9.17) is 0 Å². The SMILES string of the molecule is C=[N+](C)/C=C\C=C/C. The van der Waals surface area contributed by atoms with Crippen LogP contribution in [0.15, 0.2) is 24.4 Å². The van der Waals surface area contributed by atoms with Gasteiger partial charge in [0.25, 0.3) is 0 Å². The quantitative estimate of drug-likeness (QED) is 0.287. The van der Waals surface area contributed by atoms with Crippen molar-refractivity contribution < 1.29 is 4.58 Å². The molecule has 0 amide bonds. The zero-order valence-electron chi connectivity index (χ0n) is 5.46. The van der Waals surface area contributed by atoms with Crippen molar-refractivity contribution in [3.63, 3.8) is 0 Å². The van der Waals surface area contributed by atoms with E-state index < -0.39 is 0 Å². The standard InChI is InChI=1S/C7H12N/c1-4-5-6-7-8(2)3/h4-7H,2H2,1,3H3/q+1/b5-4-,7-6-. The Hall–Kier alpha value is -0.850. The summed E-state index contributed by atoms with van der Waals surface area (Å²) in [6, 6.07) is 0. The molecule has 0 saturated heterocycles. The summed E-state index contributed by atoms with van der Waals surface area (Å²) in [6.45, 7) is 5.60. The number of hydrogen-bond donors (Lipinski definition) is 0. The third-order valence-corrected chi connectivity index (χ3v) is 0.644. The van der Waals surface area contributed by atoms with Gasteiger partial charge in [0, 0.05) is 6.08 Å². The van der Waals surface area contributed by atoms with Crippen LogP contribution in [0.2, 0.25) is 0 Å². The fraction of sp³-hybridized carbons (Fsp3) is 0.286. The van der Waals surface area contributed by atoms with Gasteiger partial charge in [-0.3, -0.25) is 0 Å². The molecule has 0 fully saturated rings. The van der Waals surface area contributed by atoms with Gasteiger partial charge in [0.2, 0.25) is 0 Å². The van der Waals surface area contributed by atoms with E-state index in [1.807, 2.05) is 38.4 Å². The highest BCUT2D eigenvalue weighted by Crippen LogP contribution is 1.73. The Morgan fingerprint density at radius 3 is 2.38 bits per heavy atom. The molecular formula is C7H12N+. The lowest BCUT2D eigenvalue weighted by Crippen LogP contribution is -1.86. The Labute approximate surface area is 50.7 Å². The van der Waals surface area contributed by atoms with E-state index >= 15 is 0 Å². The second kappa shape index (κ2) is 4.31. The molecule has 0 rings (SSSR count). The lowest BCUT2D eigenvalue weighted by Gasteiger charge is -1.74. The maximum atomic E-state index is 3.62. The average molecular weight is 110 g/mol. The molecule has 0 aromatic heterocycles. The van der Waals surface area contributed by atoms with Gasteiger partial charge in [-0.2, -0.15) is 0 Å². The summed E-state index contributed by atoms with van der Waals surface area (Å²) in [4.78, 5) is 0. The maximum Gasteiger partial charge on any atom is 0.167 e. The number of nitrogens with zero attached hydrogens (tertiary/aromatic N) is 1. The summed E-state index contributed by atoms with van der Waals surface area (Å²) in [6.07, 6.45) is 7.76. The average Bonchev–Trinajstić information content (AvgIpc) is 1.66. The molecule has 0 N–H and O–H groups in total. The molecule has 0 heterocycles. The van der Waals surface area contributed by atoms with Crippen molar-refractivity contribution in [1.29, 1.82) is 0 Å². The molecule has 0 radical (unpaired) electrons. The maximum absolute atomic E-state index is 3.62. The zero-order valence-corrected chi connectivity index (χ0v) is 5.46. The molecule has 0 aliphatic rings. The van der Waals surface area contributed by atoms with Gasteiger partial charge in [-0.1, -0.05) is 12.2 Å². The topological polar surface area (TPSA) is 3.01 Å². The van der Waals surface area contributed by atoms with Crippen LogP contribution in [-0.2, 0) is 0 Å². The molecule has 0 spiro atoms. The summed E-state index contributed by atoms with van der Waals surface area (Å²) in [5, 5.41) is 0. The predicted octanol–water partition coefficient (Wildman–Crippen LogP) is 1.42. The molecule has 0 bridgehead atoms. The van der Waals surface area contributed by atoms with Crippen LogP contribution >= 0.6 is 0 Å². The number of hydrogen-bond acceptors (Lipinski definition) is 0. The first-order valence-electron chi connectivity index (χ1n) is 2.60. The second-order valence-corrected chi connectivity index (χ2v) is 1.62. The fourth-order valence-electron chi connectivity index (χ4n) is 0.308. The first-order chi connectivity index (χ1) is 3.77. The molecule has 0 aromatic rings. The van der Waals surface area contributed by atoms with Crippen LogP contribution in [0.1, 0.15) is 6.92 Å². The van der Waals surface area contributed by atoms with Crippen molar-refractivity contribution in [1.82, 2.24) is 0 Å². The zero-order chi connectivity index (χ0) is 6.41. The van der Waals surface area contributed by atoms with E-state index in [0.717, 1.165) is 0 Å². The smallest absolute Gasteiger partial charge is 0.167 e. The van der Waals surface area contributed by atoms with Gasteiger partial charge in [-0.05, 0) is 6.92 Å². The molecular weight excluding hydrogens is 98.1 g/mol. The highest BCUT2D eigenvalue weighted by molar-refractivity contribution is 5.15. The van der Waals surface area contributed by atoms with Crippen LogP contribution < -0.4 is 0 Å². The van der Waals surface area contributed by atoms with Crippen molar-refractivity contribution in [2.24, 2.45) is 0 Å². The summed E-state index contributed by atoms with van der Waals surface area (Å²) in [5.74, 6) is 0. The Kier molecular flexibility index (Phi) is 3.85. The molecule has 8 heavy (non-hydrogen) atoms. The minimum absolute atomic E-state index is 1.75. The number of allylic oxidation sites excluding steroid dienone is 3. The Balaban J connectivity index is 3.50. The van der Waals surface area contributed by atoms with E-state index in [1.54, 1.807) is 4.58 Å². The molecule has 0 aliphatic carbocycles. The van der Waals surface area contributed by atoms with E-state index in [2.05, 4.69) is 6.72 Å². The highest BCUT2D eigenvalue weighted by Gasteiger charge is 1.71. The molecule has 1 heteroatoms. The molecule has 1 nitrogen and oxygen atoms in total. The van der Waals surface area contributed by atoms with Crippen LogP contribution in [-0.4, -0.2) is 18.3 Å². The first-order valence-corrected chi connectivity index (χ1v) is 2.60. The van der Waals surface area contributed by atoms with Gasteiger partial charge < -0.3 is 0 Å². The highest BCUT2D eigenvalue weighted by atomic mass is 14.9. The molecule has 0 atom stereocenters. The van der Waals surface area contributed by atoms with E-state index in [0.29, 0.717) is 0 Å². The van der Waals surface area contributed by atoms with Crippen molar-refractivity contribution in [2.45, 2.75) is 6.92 Å². The molecule has 0 saturated carbocycles. The Morgan fingerprint density at radius 2 is 2.00 bits per heavy atom.